The lowest BCUT2D eigenvalue weighted by molar-refractivity contribution is 0.211. The topological polar surface area (TPSA) is 77.8 Å². The summed E-state index contributed by atoms with van der Waals surface area (Å²) in [5.74, 6) is 1.85. The molecule has 1 saturated carbocycles. The molecule has 2 aromatic rings. The van der Waals surface area contributed by atoms with Crippen molar-refractivity contribution in [3.05, 3.63) is 18.7 Å². The Morgan fingerprint density at radius 3 is 2.90 bits per heavy atom. The molecule has 0 amide bonds. The van der Waals surface area contributed by atoms with Crippen molar-refractivity contribution in [1.82, 2.24) is 24.5 Å². The first-order valence-corrected chi connectivity index (χ1v) is 7.46. The zero-order chi connectivity index (χ0) is 14.5. The van der Waals surface area contributed by atoms with Gasteiger partial charge in [-0.1, -0.05) is 19.3 Å². The molecular formula is C14H20N6O. The zero-order valence-corrected chi connectivity index (χ0v) is 12.2. The van der Waals surface area contributed by atoms with Crippen molar-refractivity contribution < 1.29 is 4.74 Å². The second-order valence-corrected chi connectivity index (χ2v) is 5.18. The third-order valence-electron chi connectivity index (χ3n) is 3.66. The van der Waals surface area contributed by atoms with E-state index in [-0.39, 0.29) is 0 Å². The van der Waals surface area contributed by atoms with E-state index in [4.69, 9.17) is 4.74 Å². The van der Waals surface area contributed by atoms with Crippen LogP contribution in [-0.2, 0) is 0 Å². The van der Waals surface area contributed by atoms with Gasteiger partial charge in [0.1, 0.15) is 6.33 Å². The first kappa shape index (κ1) is 13.8. The summed E-state index contributed by atoms with van der Waals surface area (Å²) in [6.07, 6.45) is 10.2. The lowest BCUT2D eigenvalue weighted by Crippen LogP contribution is -2.16. The van der Waals surface area contributed by atoms with Gasteiger partial charge in [-0.15, -0.1) is 0 Å². The van der Waals surface area contributed by atoms with Crippen LogP contribution < -0.4 is 10.1 Å². The zero-order valence-electron chi connectivity index (χ0n) is 12.2. The Balaban J connectivity index is 1.71. The summed E-state index contributed by atoms with van der Waals surface area (Å²) < 4.78 is 7.44. The van der Waals surface area contributed by atoms with Crippen LogP contribution in [0.15, 0.2) is 18.7 Å². The van der Waals surface area contributed by atoms with Gasteiger partial charge in [-0.3, -0.25) is 4.57 Å². The summed E-state index contributed by atoms with van der Waals surface area (Å²) in [6.45, 7) is 3.40. The van der Waals surface area contributed by atoms with E-state index < -0.39 is 0 Å². The minimum atomic E-state index is 0.365. The molecule has 0 bridgehead atoms. The standard InChI is InChI=1S/C14H20N6O/c1-2-16-12-17-13(20-8-7-15-10-20)19-14(18-12)21-9-6-11-4-3-5-11/h7-8,10-11H,2-6,9H2,1H3,(H,16,17,18,19). The van der Waals surface area contributed by atoms with Crippen LogP contribution in [0.25, 0.3) is 5.95 Å². The van der Waals surface area contributed by atoms with Gasteiger partial charge in [-0.05, 0) is 19.3 Å². The molecule has 1 aliphatic rings. The maximum atomic E-state index is 5.70. The fraction of sp³-hybridized carbons (Fsp3) is 0.571. The number of hydrogen-bond acceptors (Lipinski definition) is 6. The van der Waals surface area contributed by atoms with Gasteiger partial charge in [-0.25, -0.2) is 4.98 Å². The fourth-order valence-electron chi connectivity index (χ4n) is 2.24. The van der Waals surface area contributed by atoms with Crippen molar-refractivity contribution in [3.8, 4) is 12.0 Å². The van der Waals surface area contributed by atoms with Crippen LogP contribution >= 0.6 is 0 Å². The van der Waals surface area contributed by atoms with Gasteiger partial charge in [0.2, 0.25) is 11.9 Å². The third-order valence-corrected chi connectivity index (χ3v) is 3.66. The number of nitrogens with one attached hydrogen (secondary N) is 1. The number of aromatic nitrogens is 5. The summed E-state index contributed by atoms with van der Waals surface area (Å²) in [4.78, 5) is 17.0. The van der Waals surface area contributed by atoms with Gasteiger partial charge in [0.25, 0.3) is 0 Å². The quantitative estimate of drug-likeness (QED) is 0.840. The van der Waals surface area contributed by atoms with Gasteiger partial charge >= 0.3 is 6.01 Å². The van der Waals surface area contributed by atoms with E-state index in [0.717, 1.165) is 18.9 Å². The number of ether oxygens (including phenoxy) is 1. The monoisotopic (exact) mass is 288 g/mol. The predicted molar refractivity (Wildman–Crippen MR) is 78.6 cm³/mol. The largest absolute Gasteiger partial charge is 0.463 e. The Morgan fingerprint density at radius 2 is 2.24 bits per heavy atom. The van der Waals surface area contributed by atoms with Crippen LogP contribution in [-0.4, -0.2) is 37.7 Å². The van der Waals surface area contributed by atoms with Crippen molar-refractivity contribution in [2.45, 2.75) is 32.6 Å². The molecule has 2 heterocycles. The lowest BCUT2D eigenvalue weighted by Gasteiger charge is -2.24. The van der Waals surface area contributed by atoms with E-state index in [2.05, 4.69) is 25.3 Å². The second kappa shape index (κ2) is 6.51. The molecule has 3 rings (SSSR count). The van der Waals surface area contributed by atoms with Crippen molar-refractivity contribution in [3.63, 3.8) is 0 Å². The molecule has 0 radical (unpaired) electrons. The Bertz CT molecular complexity index is 567. The van der Waals surface area contributed by atoms with Gasteiger partial charge in [-0.2, -0.15) is 15.0 Å². The molecule has 0 spiro atoms. The molecule has 0 atom stereocenters. The average molecular weight is 288 g/mol. The maximum absolute atomic E-state index is 5.70. The highest BCUT2D eigenvalue weighted by molar-refractivity contribution is 5.30. The molecule has 2 aromatic heterocycles. The Kier molecular flexibility index (Phi) is 4.28. The van der Waals surface area contributed by atoms with E-state index in [9.17, 15) is 0 Å². The molecule has 0 aromatic carbocycles. The van der Waals surface area contributed by atoms with E-state index in [1.807, 2.05) is 6.92 Å². The lowest BCUT2D eigenvalue weighted by atomic mass is 9.83. The summed E-state index contributed by atoms with van der Waals surface area (Å²) in [5, 5.41) is 3.10. The molecule has 7 heteroatoms. The molecule has 112 valence electrons. The maximum Gasteiger partial charge on any atom is 0.323 e. The van der Waals surface area contributed by atoms with E-state index in [0.29, 0.717) is 24.5 Å². The summed E-state index contributed by atoms with van der Waals surface area (Å²) in [7, 11) is 0. The van der Waals surface area contributed by atoms with Crippen LogP contribution in [0.3, 0.4) is 0 Å². The van der Waals surface area contributed by atoms with Crippen LogP contribution in [0.2, 0.25) is 0 Å². The Labute approximate surface area is 123 Å². The van der Waals surface area contributed by atoms with Crippen LogP contribution in [0.4, 0.5) is 5.95 Å². The number of hydrogen-bond donors (Lipinski definition) is 1. The van der Waals surface area contributed by atoms with Gasteiger partial charge < -0.3 is 10.1 Å². The van der Waals surface area contributed by atoms with Crippen LogP contribution in [0.1, 0.15) is 32.6 Å². The first-order valence-electron chi connectivity index (χ1n) is 7.46. The Hall–Kier alpha value is -2.18. The fourth-order valence-corrected chi connectivity index (χ4v) is 2.24. The smallest absolute Gasteiger partial charge is 0.323 e. The van der Waals surface area contributed by atoms with Crippen LogP contribution in [0.5, 0.6) is 6.01 Å². The highest BCUT2D eigenvalue weighted by atomic mass is 16.5. The Morgan fingerprint density at radius 1 is 1.33 bits per heavy atom. The molecule has 0 aliphatic heterocycles. The molecule has 7 nitrogen and oxygen atoms in total. The number of anilines is 1. The van der Waals surface area contributed by atoms with Gasteiger partial charge in [0.15, 0.2) is 0 Å². The third kappa shape index (κ3) is 3.48. The van der Waals surface area contributed by atoms with Crippen LogP contribution in [0, 0.1) is 5.92 Å². The molecule has 0 unspecified atom stereocenters. The first-order chi connectivity index (χ1) is 10.3. The molecule has 1 fully saturated rings. The van der Waals surface area contributed by atoms with E-state index >= 15 is 0 Å². The number of rotatable bonds is 7. The minimum Gasteiger partial charge on any atom is -0.463 e. The molecule has 1 aliphatic carbocycles. The normalized spacial score (nSPS) is 14.7. The predicted octanol–water partition coefficient (Wildman–Crippen LogP) is 2.06. The highest BCUT2D eigenvalue weighted by Crippen LogP contribution is 2.29. The molecule has 21 heavy (non-hydrogen) atoms. The summed E-state index contributed by atoms with van der Waals surface area (Å²) >= 11 is 0. The van der Waals surface area contributed by atoms with Crippen molar-refractivity contribution in [2.24, 2.45) is 5.92 Å². The van der Waals surface area contributed by atoms with E-state index in [1.165, 1.54) is 19.3 Å². The molecular weight excluding hydrogens is 268 g/mol. The van der Waals surface area contributed by atoms with E-state index in [1.54, 1.807) is 23.3 Å². The van der Waals surface area contributed by atoms with Crippen molar-refractivity contribution in [1.29, 1.82) is 0 Å². The van der Waals surface area contributed by atoms with Crippen molar-refractivity contribution in [2.75, 3.05) is 18.5 Å². The summed E-state index contributed by atoms with van der Waals surface area (Å²) in [5.41, 5.74) is 0. The molecule has 1 N–H and O–H groups in total. The summed E-state index contributed by atoms with van der Waals surface area (Å²) in [6, 6.07) is 0.365. The highest BCUT2D eigenvalue weighted by Gasteiger charge is 2.17. The molecule has 0 saturated heterocycles. The number of imidazole rings is 1. The number of nitrogens with zero attached hydrogens (tertiary/aromatic N) is 5. The second-order valence-electron chi connectivity index (χ2n) is 5.18. The average Bonchev–Trinajstić information content (AvgIpc) is 2.96. The van der Waals surface area contributed by atoms with Gasteiger partial charge in [0.05, 0.1) is 6.61 Å². The minimum absolute atomic E-state index is 0.365. The SMILES string of the molecule is CCNc1nc(OCCC2CCC2)nc(-n2ccnc2)n1. The van der Waals surface area contributed by atoms with Gasteiger partial charge in [0, 0.05) is 18.9 Å². The van der Waals surface area contributed by atoms with Crippen molar-refractivity contribution >= 4 is 5.95 Å².